The molecule has 0 unspecified atom stereocenters. The molecule has 4 aromatic rings. The lowest BCUT2D eigenvalue weighted by Crippen LogP contribution is -1.92. The van der Waals surface area contributed by atoms with E-state index in [1.54, 1.807) is 0 Å². The van der Waals surface area contributed by atoms with Crippen LogP contribution in [0.2, 0.25) is 0 Å². The maximum atomic E-state index is 5.41. The highest BCUT2D eigenvalue weighted by molar-refractivity contribution is 5.74. The number of rotatable bonds is 3. The van der Waals surface area contributed by atoms with Crippen LogP contribution in [-0.4, -0.2) is 16.2 Å². The summed E-state index contributed by atoms with van der Waals surface area (Å²) in [6.45, 7) is 2.28. The van der Waals surface area contributed by atoms with Crippen LogP contribution >= 0.6 is 0 Å². The van der Waals surface area contributed by atoms with Crippen molar-refractivity contribution in [3.63, 3.8) is 0 Å². The summed E-state index contributed by atoms with van der Waals surface area (Å²) in [5.41, 5.74) is 4.48. The first-order valence-electron chi connectivity index (χ1n) is 8.63. The van der Waals surface area contributed by atoms with Gasteiger partial charge in [0.05, 0.1) is 5.69 Å². The number of aromatic nitrogens is 2. The van der Waals surface area contributed by atoms with Gasteiger partial charge in [-0.15, -0.1) is 10.2 Å². The molecule has 1 aliphatic rings. The van der Waals surface area contributed by atoms with Gasteiger partial charge < -0.3 is 9.47 Å². The summed E-state index contributed by atoms with van der Waals surface area (Å²) in [5.74, 6) is 2.10. The first-order valence-corrected chi connectivity index (χ1v) is 8.63. The van der Waals surface area contributed by atoms with Crippen LogP contribution in [0, 0.1) is 6.92 Å². The molecule has 0 aliphatic carbocycles. The molecule has 0 bridgehead atoms. The number of hydrogen-bond acceptors (Lipinski definition) is 5. The van der Waals surface area contributed by atoms with Crippen molar-refractivity contribution in [2.75, 3.05) is 6.79 Å². The van der Waals surface area contributed by atoms with Crippen molar-refractivity contribution in [2.24, 2.45) is 10.2 Å². The molecule has 2 aromatic carbocycles. The molecule has 0 amide bonds. The summed E-state index contributed by atoms with van der Waals surface area (Å²) in [6.07, 6.45) is 1.97. The summed E-state index contributed by atoms with van der Waals surface area (Å²) >= 11 is 0. The first-order chi connectivity index (χ1) is 13.3. The van der Waals surface area contributed by atoms with Crippen LogP contribution in [0.15, 0.2) is 77.1 Å². The molecule has 27 heavy (non-hydrogen) atoms. The Morgan fingerprint density at radius 2 is 1.78 bits per heavy atom. The van der Waals surface area contributed by atoms with E-state index < -0.39 is 0 Å². The lowest BCUT2D eigenvalue weighted by atomic mass is 10.1. The number of azo groups is 1. The topological polar surface area (TPSA) is 60.5 Å². The van der Waals surface area contributed by atoms with Gasteiger partial charge in [0.15, 0.2) is 17.3 Å². The van der Waals surface area contributed by atoms with E-state index in [1.165, 1.54) is 0 Å². The van der Waals surface area contributed by atoms with Gasteiger partial charge in [-0.2, -0.15) is 0 Å². The summed E-state index contributed by atoms with van der Waals surface area (Å²) in [6, 6.07) is 19.6. The van der Waals surface area contributed by atoms with E-state index in [-0.39, 0.29) is 6.79 Å². The van der Waals surface area contributed by atoms with E-state index in [9.17, 15) is 0 Å². The maximum Gasteiger partial charge on any atom is 0.231 e. The highest BCUT2D eigenvalue weighted by atomic mass is 16.7. The summed E-state index contributed by atoms with van der Waals surface area (Å²) < 4.78 is 12.7. The third-order valence-corrected chi connectivity index (χ3v) is 4.42. The highest BCUT2D eigenvalue weighted by Crippen LogP contribution is 2.37. The molecule has 0 fully saturated rings. The third kappa shape index (κ3) is 2.81. The molecule has 6 heteroatoms. The fraction of sp³-hybridized carbons (Fsp3) is 0.0952. The second-order valence-corrected chi connectivity index (χ2v) is 6.32. The summed E-state index contributed by atoms with van der Waals surface area (Å²) in [5, 5.41) is 8.94. The molecule has 0 saturated carbocycles. The normalized spacial score (nSPS) is 12.9. The number of hydrogen-bond donors (Lipinski definition) is 0. The first kappa shape index (κ1) is 15.6. The van der Waals surface area contributed by atoms with Gasteiger partial charge in [0.25, 0.3) is 0 Å². The number of ether oxygens (including phenoxy) is 2. The SMILES string of the molecule is Cc1ccn2c(N=Nc3ccc4c(c3)OCO4)c(-c3ccccc3)nc2c1. The predicted molar refractivity (Wildman–Crippen MR) is 102 cm³/mol. The van der Waals surface area contributed by atoms with E-state index in [1.807, 2.05) is 78.2 Å². The summed E-state index contributed by atoms with van der Waals surface area (Å²) in [7, 11) is 0. The largest absolute Gasteiger partial charge is 0.454 e. The minimum atomic E-state index is 0.237. The molecule has 0 saturated heterocycles. The van der Waals surface area contributed by atoms with Gasteiger partial charge in [0.2, 0.25) is 6.79 Å². The molecule has 3 heterocycles. The standard InChI is InChI=1S/C21H16N4O2/c1-14-9-10-25-19(11-14)22-20(15-5-3-2-4-6-15)21(25)24-23-16-7-8-17-18(12-16)27-13-26-17/h2-12H,13H2,1H3. The fourth-order valence-electron chi connectivity index (χ4n) is 3.07. The number of nitrogens with zero attached hydrogens (tertiary/aromatic N) is 4. The van der Waals surface area contributed by atoms with Gasteiger partial charge in [0.1, 0.15) is 11.3 Å². The van der Waals surface area contributed by atoms with E-state index >= 15 is 0 Å². The molecular formula is C21H16N4O2. The third-order valence-electron chi connectivity index (χ3n) is 4.42. The average molecular weight is 356 g/mol. The Labute approximate surface area is 155 Å². The molecular weight excluding hydrogens is 340 g/mol. The van der Waals surface area contributed by atoms with Crippen LogP contribution in [0.1, 0.15) is 5.56 Å². The van der Waals surface area contributed by atoms with Gasteiger partial charge in [-0.25, -0.2) is 4.98 Å². The van der Waals surface area contributed by atoms with E-state index in [0.717, 1.165) is 28.2 Å². The molecule has 2 aromatic heterocycles. The van der Waals surface area contributed by atoms with Crippen molar-refractivity contribution in [1.29, 1.82) is 0 Å². The molecule has 5 rings (SSSR count). The lowest BCUT2D eigenvalue weighted by molar-refractivity contribution is 0.174. The minimum Gasteiger partial charge on any atom is -0.454 e. The van der Waals surface area contributed by atoms with Crippen molar-refractivity contribution >= 4 is 17.2 Å². The molecule has 6 nitrogen and oxygen atoms in total. The van der Waals surface area contributed by atoms with E-state index in [4.69, 9.17) is 14.5 Å². The Balaban J connectivity index is 1.63. The van der Waals surface area contributed by atoms with Gasteiger partial charge >= 0.3 is 0 Å². The van der Waals surface area contributed by atoms with Crippen LogP contribution in [-0.2, 0) is 0 Å². The molecule has 0 atom stereocenters. The van der Waals surface area contributed by atoms with Crippen LogP contribution in [0.3, 0.4) is 0 Å². The quantitative estimate of drug-likeness (QED) is 0.458. The zero-order valence-corrected chi connectivity index (χ0v) is 14.7. The van der Waals surface area contributed by atoms with Crippen molar-refractivity contribution in [3.8, 4) is 22.8 Å². The fourth-order valence-corrected chi connectivity index (χ4v) is 3.07. The highest BCUT2D eigenvalue weighted by Gasteiger charge is 2.15. The predicted octanol–water partition coefficient (Wildman–Crippen LogP) is 5.45. The molecule has 1 aliphatic heterocycles. The molecule has 132 valence electrons. The minimum absolute atomic E-state index is 0.237. The van der Waals surface area contributed by atoms with Crippen molar-refractivity contribution in [2.45, 2.75) is 6.92 Å². The number of fused-ring (bicyclic) bond motifs is 2. The second kappa shape index (κ2) is 6.25. The van der Waals surface area contributed by atoms with Crippen molar-refractivity contribution in [1.82, 2.24) is 9.38 Å². The Bertz CT molecular complexity index is 1170. The van der Waals surface area contributed by atoms with Crippen molar-refractivity contribution < 1.29 is 9.47 Å². The molecule has 0 spiro atoms. The maximum absolute atomic E-state index is 5.41. The zero-order chi connectivity index (χ0) is 18.2. The Hall–Kier alpha value is -3.67. The van der Waals surface area contributed by atoms with Crippen LogP contribution in [0.4, 0.5) is 11.5 Å². The van der Waals surface area contributed by atoms with E-state index in [0.29, 0.717) is 17.3 Å². The van der Waals surface area contributed by atoms with Crippen LogP contribution in [0.25, 0.3) is 16.9 Å². The molecule has 0 radical (unpaired) electrons. The van der Waals surface area contributed by atoms with Crippen LogP contribution in [0.5, 0.6) is 11.5 Å². The zero-order valence-electron chi connectivity index (χ0n) is 14.7. The van der Waals surface area contributed by atoms with Gasteiger partial charge in [-0.05, 0) is 36.8 Å². The summed E-state index contributed by atoms with van der Waals surface area (Å²) in [4.78, 5) is 4.78. The lowest BCUT2D eigenvalue weighted by Gasteiger charge is -2.00. The number of aryl methyl sites for hydroxylation is 1. The van der Waals surface area contributed by atoms with Crippen LogP contribution < -0.4 is 9.47 Å². The second-order valence-electron chi connectivity index (χ2n) is 6.32. The Kier molecular flexibility index (Phi) is 3.60. The number of imidazole rings is 1. The average Bonchev–Trinajstić information content (AvgIpc) is 3.30. The Morgan fingerprint density at radius 1 is 0.926 bits per heavy atom. The van der Waals surface area contributed by atoms with Gasteiger partial charge in [-0.3, -0.25) is 4.40 Å². The number of pyridine rings is 1. The van der Waals surface area contributed by atoms with E-state index in [2.05, 4.69) is 10.2 Å². The van der Waals surface area contributed by atoms with Gasteiger partial charge in [0, 0.05) is 17.8 Å². The Morgan fingerprint density at radius 3 is 2.67 bits per heavy atom. The van der Waals surface area contributed by atoms with Gasteiger partial charge in [-0.1, -0.05) is 30.3 Å². The smallest absolute Gasteiger partial charge is 0.231 e. The monoisotopic (exact) mass is 356 g/mol. The molecule has 0 N–H and O–H groups in total. The van der Waals surface area contributed by atoms with Crippen molar-refractivity contribution in [3.05, 3.63) is 72.4 Å². The number of benzene rings is 2.